The zero-order chi connectivity index (χ0) is 42.9. The van der Waals surface area contributed by atoms with Gasteiger partial charge in [-0.25, -0.2) is 0 Å². The maximum Gasteiger partial charge on any atom is 3.00 e. The number of benzene rings is 7. The summed E-state index contributed by atoms with van der Waals surface area (Å²) in [6.07, 6.45) is 9.60. The second-order valence-electron chi connectivity index (χ2n) is 16.1. The normalized spacial score (nSPS) is 10.9. The van der Waals surface area contributed by atoms with Gasteiger partial charge in [-0.05, 0) is 110 Å². The predicted molar refractivity (Wildman–Crippen MR) is 262 cm³/mol. The first-order valence-electron chi connectivity index (χ1n) is 21.9. The monoisotopic (exact) mass is 1010 g/mol. The molecular weight excluding hydrogens is 967 g/mol. The number of aryl methyl sites for hydroxylation is 4. The molecule has 0 N–H and O–H groups in total. The number of pyridine rings is 3. The minimum absolute atomic E-state index is 0. The molecule has 0 fully saturated rings. The summed E-state index contributed by atoms with van der Waals surface area (Å²) in [5.74, 6) is 0. The molecule has 0 radical (unpaired) electrons. The number of rotatable bonds is 13. The van der Waals surface area contributed by atoms with E-state index in [0.29, 0.717) is 0 Å². The molecule has 3 nitrogen and oxygen atoms in total. The van der Waals surface area contributed by atoms with Crippen molar-refractivity contribution in [2.75, 3.05) is 0 Å². The van der Waals surface area contributed by atoms with Gasteiger partial charge in [0.15, 0.2) is 0 Å². The van der Waals surface area contributed by atoms with Crippen LogP contribution in [0.4, 0.5) is 0 Å². The molecule has 0 bridgehead atoms. The van der Waals surface area contributed by atoms with E-state index in [0.717, 1.165) is 81.7 Å². The average molecular weight is 1010 g/mol. The van der Waals surface area contributed by atoms with E-state index < -0.39 is 0 Å². The van der Waals surface area contributed by atoms with Crippen LogP contribution in [0.3, 0.4) is 0 Å². The summed E-state index contributed by atoms with van der Waals surface area (Å²) >= 11 is 0. The first-order chi connectivity index (χ1) is 31.7. The van der Waals surface area contributed by atoms with Crippen LogP contribution in [-0.2, 0) is 45.8 Å². The zero-order valence-electron chi connectivity index (χ0n) is 35.8. The molecule has 0 saturated heterocycles. The van der Waals surface area contributed by atoms with Gasteiger partial charge in [0, 0.05) is 24.2 Å². The van der Waals surface area contributed by atoms with Crippen LogP contribution in [-0.4, -0.2) is 15.0 Å². The summed E-state index contributed by atoms with van der Waals surface area (Å²) in [5.41, 5.74) is 19.9. The van der Waals surface area contributed by atoms with E-state index in [4.69, 9.17) is 15.0 Å². The van der Waals surface area contributed by atoms with Crippen LogP contribution >= 0.6 is 0 Å². The Morgan fingerprint density at radius 3 is 1.34 bits per heavy atom. The molecule has 0 amide bonds. The van der Waals surface area contributed by atoms with E-state index in [9.17, 15) is 0 Å². The molecule has 10 rings (SSSR count). The predicted octanol–water partition coefficient (Wildman–Crippen LogP) is 14.5. The Kier molecular flexibility index (Phi) is 13.5. The number of nitrogens with zero attached hydrogens (tertiary/aromatic N) is 3. The Labute approximate surface area is 396 Å². The third-order valence-corrected chi connectivity index (χ3v) is 11.8. The second-order valence-corrected chi connectivity index (χ2v) is 16.1. The minimum atomic E-state index is 0. The van der Waals surface area contributed by atoms with Crippen LogP contribution in [0.15, 0.2) is 219 Å². The molecular formula is C61H44IrN3. The molecule has 0 unspecified atom stereocenters. The molecule has 0 atom stereocenters. The molecule has 0 spiro atoms. The summed E-state index contributed by atoms with van der Waals surface area (Å²) in [6.45, 7) is 0. The van der Waals surface area contributed by atoms with Crippen LogP contribution < -0.4 is 0 Å². The summed E-state index contributed by atoms with van der Waals surface area (Å²) in [5, 5.41) is 0. The molecule has 0 saturated carbocycles. The van der Waals surface area contributed by atoms with Crippen molar-refractivity contribution < 1.29 is 20.1 Å². The quantitative estimate of drug-likeness (QED) is 0.108. The van der Waals surface area contributed by atoms with Gasteiger partial charge in [-0.15, -0.1) is 108 Å². The average Bonchev–Trinajstić information content (AvgIpc) is 3.38. The third-order valence-electron chi connectivity index (χ3n) is 11.8. The molecule has 3 aromatic heterocycles. The van der Waals surface area contributed by atoms with Crippen LogP contribution in [0.5, 0.6) is 0 Å². The van der Waals surface area contributed by atoms with E-state index in [2.05, 4.69) is 170 Å². The van der Waals surface area contributed by atoms with E-state index in [1.54, 1.807) is 0 Å². The minimum Gasteiger partial charge on any atom is -0.304 e. The van der Waals surface area contributed by atoms with E-state index in [-0.39, 0.29) is 20.1 Å². The van der Waals surface area contributed by atoms with Crippen molar-refractivity contribution >= 4 is 0 Å². The maximum atomic E-state index is 5.09. The molecule has 4 heteroatoms. The van der Waals surface area contributed by atoms with Crippen molar-refractivity contribution in [3.8, 4) is 78.3 Å². The van der Waals surface area contributed by atoms with Gasteiger partial charge in [-0.3, -0.25) is 0 Å². The van der Waals surface area contributed by atoms with Gasteiger partial charge in [-0.1, -0.05) is 121 Å². The van der Waals surface area contributed by atoms with Gasteiger partial charge >= 0.3 is 20.1 Å². The zero-order valence-corrected chi connectivity index (χ0v) is 38.2. The topological polar surface area (TPSA) is 38.7 Å². The fourth-order valence-electron chi connectivity index (χ4n) is 8.43. The SMILES string of the molecule is [Ir+3].[c-]1ccccc1-c1ccc(CCc2cc(CCc3ccc(-c4[c-]cccc4)nc3)cc(-c3ccccc3-c3cnc(-c4[c-]cccc4)cc3-c3cccc(-c4ccccc4)c3)c2)cn1. The van der Waals surface area contributed by atoms with Gasteiger partial charge in [0.2, 0.25) is 0 Å². The molecule has 0 aliphatic heterocycles. The molecule has 0 aliphatic carbocycles. The summed E-state index contributed by atoms with van der Waals surface area (Å²) in [4.78, 5) is 14.7. The second kappa shape index (κ2) is 20.4. The largest absolute Gasteiger partial charge is 3.00 e. The van der Waals surface area contributed by atoms with Crippen molar-refractivity contribution in [1.82, 2.24) is 15.0 Å². The van der Waals surface area contributed by atoms with Crippen LogP contribution in [0.25, 0.3) is 78.3 Å². The van der Waals surface area contributed by atoms with E-state index >= 15 is 0 Å². The van der Waals surface area contributed by atoms with E-state index in [1.165, 1.54) is 44.5 Å². The van der Waals surface area contributed by atoms with Gasteiger partial charge in [0.05, 0.1) is 0 Å². The van der Waals surface area contributed by atoms with Crippen molar-refractivity contribution in [1.29, 1.82) is 0 Å². The Hall–Kier alpha value is -7.36. The molecule has 312 valence electrons. The molecule has 10 aromatic rings. The van der Waals surface area contributed by atoms with Crippen molar-refractivity contribution in [3.05, 3.63) is 259 Å². The van der Waals surface area contributed by atoms with Crippen LogP contribution in [0, 0.1) is 18.2 Å². The maximum absolute atomic E-state index is 5.09. The Morgan fingerprint density at radius 2 is 0.785 bits per heavy atom. The Morgan fingerprint density at radius 1 is 0.292 bits per heavy atom. The molecule has 65 heavy (non-hydrogen) atoms. The summed E-state index contributed by atoms with van der Waals surface area (Å²) in [7, 11) is 0. The van der Waals surface area contributed by atoms with Gasteiger partial charge in [0.25, 0.3) is 0 Å². The van der Waals surface area contributed by atoms with Crippen LogP contribution in [0.1, 0.15) is 22.3 Å². The van der Waals surface area contributed by atoms with E-state index in [1.807, 2.05) is 67.0 Å². The number of hydrogen-bond donors (Lipinski definition) is 0. The number of hydrogen-bond acceptors (Lipinski definition) is 3. The molecule has 0 aliphatic rings. The van der Waals surface area contributed by atoms with Crippen LogP contribution in [0.2, 0.25) is 0 Å². The molecule has 7 aromatic carbocycles. The van der Waals surface area contributed by atoms with Gasteiger partial charge in [-0.2, -0.15) is 0 Å². The Bertz CT molecular complexity index is 3010. The standard InChI is InChI=1S/C61H44N3.Ir/c1-5-16-48(17-6-1)52-24-15-25-53(39-52)57-40-61(51-22-11-4-12-23-51)64-43-58(57)56-27-14-13-26-55(56)54-37-46(30-28-44-32-34-59(62-41-44)49-18-7-2-8-19-49)36-47(38-54)31-29-45-33-35-60(63-42-45)50-20-9-3-10-21-50;/h1-18,20,22,24-27,32-43H,28-31H2;/q-3;+3. The Balaban J connectivity index is 0.00000533. The smallest absolute Gasteiger partial charge is 0.304 e. The first kappa shape index (κ1) is 42.9. The summed E-state index contributed by atoms with van der Waals surface area (Å²) < 4.78 is 0. The van der Waals surface area contributed by atoms with Crippen molar-refractivity contribution in [2.45, 2.75) is 25.7 Å². The fraction of sp³-hybridized carbons (Fsp3) is 0.0656. The third kappa shape index (κ3) is 10.2. The van der Waals surface area contributed by atoms with Crippen molar-refractivity contribution in [3.63, 3.8) is 0 Å². The number of aromatic nitrogens is 3. The summed E-state index contributed by atoms with van der Waals surface area (Å²) in [6, 6.07) is 80.3. The van der Waals surface area contributed by atoms with Gasteiger partial charge < -0.3 is 15.0 Å². The molecule has 3 heterocycles. The first-order valence-corrected chi connectivity index (χ1v) is 21.9. The van der Waals surface area contributed by atoms with Crippen molar-refractivity contribution in [2.24, 2.45) is 0 Å². The van der Waals surface area contributed by atoms with Gasteiger partial charge in [0.1, 0.15) is 0 Å². The fourth-order valence-corrected chi connectivity index (χ4v) is 8.43.